The molecule has 0 aliphatic rings. The summed E-state index contributed by atoms with van der Waals surface area (Å²) in [6, 6.07) is 11.5. The van der Waals surface area contributed by atoms with E-state index in [0.717, 1.165) is 12.1 Å². The number of amides is 1. The number of benzene rings is 1. The normalized spacial score (nSPS) is 10.1. The minimum Gasteiger partial charge on any atom is -0.387 e. The van der Waals surface area contributed by atoms with E-state index < -0.39 is 0 Å². The lowest BCUT2D eigenvalue weighted by atomic mass is 10.1. The Kier molecular flexibility index (Phi) is 4.71. The van der Waals surface area contributed by atoms with Gasteiger partial charge in [-0.3, -0.25) is 9.78 Å². The van der Waals surface area contributed by atoms with Gasteiger partial charge in [0.2, 0.25) is 0 Å². The number of carbonyl (C=O) groups excluding carboxylic acids is 1. The first-order chi connectivity index (χ1) is 9.72. The second-order valence-electron chi connectivity index (χ2n) is 4.63. The number of pyridine rings is 1. The topological polar surface area (TPSA) is 45.2 Å². The second-order valence-corrected chi connectivity index (χ2v) is 4.63. The first-order valence-corrected chi connectivity index (χ1v) is 6.63. The number of nitrogens with zero attached hydrogens (tertiary/aromatic N) is 2. The van der Waals surface area contributed by atoms with Gasteiger partial charge >= 0.3 is 0 Å². The van der Waals surface area contributed by atoms with Crippen LogP contribution in [0.5, 0.6) is 0 Å². The predicted molar refractivity (Wildman–Crippen MR) is 80.9 cm³/mol. The largest absolute Gasteiger partial charge is 0.387 e. The predicted octanol–water partition coefficient (Wildman–Crippen LogP) is 2.44. The van der Waals surface area contributed by atoms with Crippen molar-refractivity contribution in [2.75, 3.05) is 26.0 Å². The third-order valence-electron chi connectivity index (χ3n) is 3.26. The smallest absolute Gasteiger partial charge is 0.255 e. The van der Waals surface area contributed by atoms with Crippen LogP contribution in [0.2, 0.25) is 0 Å². The molecule has 0 atom stereocenters. The lowest BCUT2D eigenvalue weighted by molar-refractivity contribution is 0.0797. The molecule has 0 saturated carbocycles. The van der Waals surface area contributed by atoms with Crippen LogP contribution in [0.3, 0.4) is 0 Å². The van der Waals surface area contributed by atoms with Crippen molar-refractivity contribution >= 4 is 11.6 Å². The highest BCUT2D eigenvalue weighted by Crippen LogP contribution is 2.16. The molecule has 104 valence electrons. The number of para-hydroxylation sites is 1. The molecule has 2 aromatic rings. The highest BCUT2D eigenvalue weighted by Gasteiger charge is 2.14. The molecular formula is C16H19N3O. The molecule has 1 amide bonds. The molecule has 1 aromatic heterocycles. The number of carbonyl (C=O) groups is 1. The number of rotatable bonds is 5. The van der Waals surface area contributed by atoms with E-state index >= 15 is 0 Å². The number of likely N-dealkylation sites (N-methyl/N-ethyl adjacent to an activating group) is 1. The van der Waals surface area contributed by atoms with Gasteiger partial charge in [-0.2, -0.15) is 0 Å². The van der Waals surface area contributed by atoms with Crippen molar-refractivity contribution in [1.82, 2.24) is 9.88 Å². The molecule has 1 heterocycles. The first-order valence-electron chi connectivity index (χ1n) is 6.63. The number of hydrogen-bond acceptors (Lipinski definition) is 3. The summed E-state index contributed by atoms with van der Waals surface area (Å²) >= 11 is 0. The summed E-state index contributed by atoms with van der Waals surface area (Å²) in [5.41, 5.74) is 2.74. The Morgan fingerprint density at radius 3 is 2.60 bits per heavy atom. The fraction of sp³-hybridized carbons (Fsp3) is 0.250. The van der Waals surface area contributed by atoms with E-state index in [4.69, 9.17) is 0 Å². The van der Waals surface area contributed by atoms with E-state index in [9.17, 15) is 4.79 Å². The molecular weight excluding hydrogens is 250 g/mol. The maximum absolute atomic E-state index is 12.4. The number of aromatic nitrogens is 1. The van der Waals surface area contributed by atoms with E-state index in [1.54, 1.807) is 17.3 Å². The lowest BCUT2D eigenvalue weighted by Crippen LogP contribution is -2.29. The monoisotopic (exact) mass is 269 g/mol. The zero-order chi connectivity index (χ0) is 14.4. The first kappa shape index (κ1) is 14.1. The summed E-state index contributed by atoms with van der Waals surface area (Å²) in [5.74, 6) is 0.0315. The quantitative estimate of drug-likeness (QED) is 0.906. The van der Waals surface area contributed by atoms with Gasteiger partial charge in [-0.25, -0.2) is 0 Å². The standard InChI is InChI=1S/C16H19N3O/c1-17-15-6-4-3-5-14(15)16(20)19(2)12-9-13-7-10-18-11-8-13/h3-8,10-11,17H,9,12H2,1-2H3. The zero-order valence-corrected chi connectivity index (χ0v) is 11.8. The Balaban J connectivity index is 2.02. The molecule has 4 heteroatoms. The summed E-state index contributed by atoms with van der Waals surface area (Å²) in [4.78, 5) is 18.2. The second kappa shape index (κ2) is 6.70. The van der Waals surface area contributed by atoms with Gasteiger partial charge in [-0.15, -0.1) is 0 Å². The molecule has 0 bridgehead atoms. The van der Waals surface area contributed by atoms with Crippen molar-refractivity contribution in [2.45, 2.75) is 6.42 Å². The third-order valence-corrected chi connectivity index (χ3v) is 3.26. The Labute approximate surface area is 119 Å². The molecule has 0 unspecified atom stereocenters. The van der Waals surface area contributed by atoms with Crippen LogP contribution >= 0.6 is 0 Å². The molecule has 1 aromatic carbocycles. The molecule has 0 saturated heterocycles. The number of hydrogen-bond donors (Lipinski definition) is 1. The van der Waals surface area contributed by atoms with Crippen molar-refractivity contribution in [3.05, 3.63) is 59.9 Å². The average Bonchev–Trinajstić information content (AvgIpc) is 2.52. The Hall–Kier alpha value is -2.36. The Morgan fingerprint density at radius 1 is 1.20 bits per heavy atom. The molecule has 0 aliphatic heterocycles. The van der Waals surface area contributed by atoms with E-state index in [-0.39, 0.29) is 5.91 Å². The van der Waals surface area contributed by atoms with Gasteiger partial charge in [0.05, 0.1) is 5.56 Å². The Morgan fingerprint density at radius 2 is 1.90 bits per heavy atom. The van der Waals surface area contributed by atoms with Crippen LogP contribution in [0.25, 0.3) is 0 Å². The summed E-state index contributed by atoms with van der Waals surface area (Å²) in [6.07, 6.45) is 4.37. The molecule has 0 radical (unpaired) electrons. The summed E-state index contributed by atoms with van der Waals surface area (Å²) in [7, 11) is 3.65. The Bertz CT molecular complexity index is 569. The van der Waals surface area contributed by atoms with Gasteiger partial charge in [-0.05, 0) is 36.2 Å². The highest BCUT2D eigenvalue weighted by molar-refractivity contribution is 5.99. The van der Waals surface area contributed by atoms with Crippen LogP contribution in [0, 0.1) is 0 Å². The number of nitrogens with one attached hydrogen (secondary N) is 1. The fourth-order valence-corrected chi connectivity index (χ4v) is 2.04. The molecule has 20 heavy (non-hydrogen) atoms. The van der Waals surface area contributed by atoms with E-state index in [0.29, 0.717) is 12.1 Å². The fourth-order valence-electron chi connectivity index (χ4n) is 2.04. The lowest BCUT2D eigenvalue weighted by Gasteiger charge is -2.19. The van der Waals surface area contributed by atoms with Crippen LogP contribution in [-0.4, -0.2) is 36.4 Å². The van der Waals surface area contributed by atoms with Crippen LogP contribution in [0.1, 0.15) is 15.9 Å². The van der Waals surface area contributed by atoms with Gasteiger partial charge in [-0.1, -0.05) is 12.1 Å². The highest BCUT2D eigenvalue weighted by atomic mass is 16.2. The van der Waals surface area contributed by atoms with Crippen molar-refractivity contribution < 1.29 is 4.79 Å². The summed E-state index contributed by atoms with van der Waals surface area (Å²) < 4.78 is 0. The molecule has 4 nitrogen and oxygen atoms in total. The molecule has 2 rings (SSSR count). The van der Waals surface area contributed by atoms with E-state index in [2.05, 4.69) is 10.3 Å². The van der Waals surface area contributed by atoms with Crippen molar-refractivity contribution in [3.8, 4) is 0 Å². The zero-order valence-electron chi connectivity index (χ0n) is 11.8. The average molecular weight is 269 g/mol. The SMILES string of the molecule is CNc1ccccc1C(=O)N(C)CCc1ccncc1. The summed E-state index contributed by atoms with van der Waals surface area (Å²) in [6.45, 7) is 0.681. The maximum Gasteiger partial charge on any atom is 0.255 e. The van der Waals surface area contributed by atoms with Crippen molar-refractivity contribution in [3.63, 3.8) is 0 Å². The van der Waals surface area contributed by atoms with E-state index in [1.807, 2.05) is 50.5 Å². The van der Waals surface area contributed by atoms with Crippen LogP contribution in [0.4, 0.5) is 5.69 Å². The molecule has 1 N–H and O–H groups in total. The minimum atomic E-state index is 0.0315. The van der Waals surface area contributed by atoms with Crippen LogP contribution < -0.4 is 5.32 Å². The third kappa shape index (κ3) is 3.35. The van der Waals surface area contributed by atoms with Gasteiger partial charge in [0.15, 0.2) is 0 Å². The van der Waals surface area contributed by atoms with Gasteiger partial charge < -0.3 is 10.2 Å². The minimum absolute atomic E-state index is 0.0315. The van der Waals surface area contributed by atoms with Gasteiger partial charge in [0, 0.05) is 38.7 Å². The van der Waals surface area contributed by atoms with E-state index in [1.165, 1.54) is 5.56 Å². The van der Waals surface area contributed by atoms with Crippen LogP contribution in [-0.2, 0) is 6.42 Å². The maximum atomic E-state index is 12.4. The molecule has 0 fully saturated rings. The van der Waals surface area contributed by atoms with Gasteiger partial charge in [0.1, 0.15) is 0 Å². The summed E-state index contributed by atoms with van der Waals surface area (Å²) in [5, 5.41) is 3.05. The van der Waals surface area contributed by atoms with Crippen LogP contribution in [0.15, 0.2) is 48.8 Å². The molecule has 0 aliphatic carbocycles. The van der Waals surface area contributed by atoms with Crippen molar-refractivity contribution in [1.29, 1.82) is 0 Å². The van der Waals surface area contributed by atoms with Crippen molar-refractivity contribution in [2.24, 2.45) is 0 Å². The van der Waals surface area contributed by atoms with Gasteiger partial charge in [0.25, 0.3) is 5.91 Å². The molecule has 0 spiro atoms. The number of anilines is 1.